The first-order valence-corrected chi connectivity index (χ1v) is 14.3. The number of hydrogen-bond acceptors (Lipinski definition) is 5. The molecule has 0 radical (unpaired) electrons. The molecule has 0 N–H and O–H groups in total. The van der Waals surface area contributed by atoms with Gasteiger partial charge in [0, 0.05) is 49.6 Å². The van der Waals surface area contributed by atoms with E-state index in [-0.39, 0.29) is 30.4 Å². The van der Waals surface area contributed by atoms with Crippen LogP contribution < -0.4 is 9.47 Å². The number of nitrogens with zero attached hydrogens (tertiary/aromatic N) is 2. The first-order valence-electron chi connectivity index (χ1n) is 12.5. The van der Waals surface area contributed by atoms with Gasteiger partial charge in [0.25, 0.3) is 0 Å². The maximum absolute atomic E-state index is 13.6. The molecule has 0 aromatic heterocycles. The quantitative estimate of drug-likeness (QED) is 0.341. The number of sulfonamides is 1. The van der Waals surface area contributed by atoms with Crippen molar-refractivity contribution in [3.63, 3.8) is 0 Å². The number of rotatable bonds is 10. The molecule has 3 aromatic carbocycles. The van der Waals surface area contributed by atoms with E-state index in [1.807, 2.05) is 30.3 Å². The topological polar surface area (TPSA) is 76.1 Å². The molecule has 1 amide bonds. The molecule has 0 aliphatic carbocycles. The van der Waals surface area contributed by atoms with Crippen molar-refractivity contribution >= 4 is 27.5 Å². The molecular weight excluding hydrogens is 524 g/mol. The summed E-state index contributed by atoms with van der Waals surface area (Å²) in [5.41, 5.74) is 0.326. The highest BCUT2D eigenvalue weighted by Gasteiger charge is 2.43. The van der Waals surface area contributed by atoms with E-state index in [2.05, 4.69) is 0 Å². The molecule has 0 unspecified atom stereocenters. The Labute approximate surface area is 230 Å². The van der Waals surface area contributed by atoms with Gasteiger partial charge >= 0.3 is 0 Å². The molecule has 1 fully saturated rings. The van der Waals surface area contributed by atoms with Crippen LogP contribution in [-0.2, 0) is 21.4 Å². The molecule has 1 atom stereocenters. The summed E-state index contributed by atoms with van der Waals surface area (Å²) in [6, 6.07) is 23.3. The minimum absolute atomic E-state index is 0.0609. The fourth-order valence-corrected chi connectivity index (χ4v) is 6.51. The molecule has 0 saturated carbocycles. The summed E-state index contributed by atoms with van der Waals surface area (Å²) in [6.45, 7) is 1.21. The second-order valence-electron chi connectivity index (χ2n) is 9.78. The third-order valence-corrected chi connectivity index (χ3v) is 8.97. The number of piperidine rings is 1. The standard InChI is InChI=1S/C29H33ClN2O5S/c1-31(20-23-8-4-3-5-9-23)28(33)19-29(22-37-25-14-12-24(30)13-15-25)16-7-17-32(21-29)38(34,35)27-11-6-10-26(18-27)36-2/h3-6,8-15,18H,7,16-17,19-22H2,1-2H3/t29-/m1/s1. The Hall–Kier alpha value is -3.07. The molecule has 4 rings (SSSR count). The second-order valence-corrected chi connectivity index (χ2v) is 12.2. The minimum Gasteiger partial charge on any atom is -0.497 e. The molecule has 1 heterocycles. The Morgan fingerprint density at radius 1 is 1.03 bits per heavy atom. The minimum atomic E-state index is -3.80. The van der Waals surface area contributed by atoms with Crippen molar-refractivity contribution in [2.75, 3.05) is 33.9 Å². The summed E-state index contributed by atoms with van der Waals surface area (Å²) in [7, 11) is -0.526. The Balaban J connectivity index is 1.57. The number of methoxy groups -OCH3 is 1. The van der Waals surface area contributed by atoms with Gasteiger partial charge in [-0.25, -0.2) is 8.42 Å². The summed E-state index contributed by atoms with van der Waals surface area (Å²) in [4.78, 5) is 15.3. The number of carbonyl (C=O) groups is 1. The molecular formula is C29H33ClN2O5S. The Kier molecular flexibility index (Phi) is 8.97. The molecule has 1 aliphatic rings. The lowest BCUT2D eigenvalue weighted by Crippen LogP contribution is -2.50. The molecule has 0 spiro atoms. The Bertz CT molecular complexity index is 1330. The van der Waals surface area contributed by atoms with Crippen LogP contribution in [0.4, 0.5) is 0 Å². The number of carbonyl (C=O) groups excluding carboxylic acids is 1. The van der Waals surface area contributed by atoms with Crippen LogP contribution in [0.2, 0.25) is 5.02 Å². The van der Waals surface area contributed by atoms with Gasteiger partial charge in [0.15, 0.2) is 0 Å². The lowest BCUT2D eigenvalue weighted by atomic mass is 9.78. The second kappa shape index (κ2) is 12.2. The van der Waals surface area contributed by atoms with E-state index in [1.165, 1.54) is 17.5 Å². The average Bonchev–Trinajstić information content (AvgIpc) is 2.93. The molecule has 1 aliphatic heterocycles. The number of halogens is 1. The molecule has 9 heteroatoms. The van der Waals surface area contributed by atoms with Gasteiger partial charge in [-0.3, -0.25) is 4.79 Å². The Morgan fingerprint density at radius 3 is 2.47 bits per heavy atom. The van der Waals surface area contributed by atoms with E-state index in [4.69, 9.17) is 21.1 Å². The summed E-state index contributed by atoms with van der Waals surface area (Å²) < 4.78 is 40.1. The van der Waals surface area contributed by atoms with E-state index < -0.39 is 15.4 Å². The predicted octanol–water partition coefficient (Wildman–Crippen LogP) is 5.25. The van der Waals surface area contributed by atoms with Crippen LogP contribution in [0.15, 0.2) is 83.8 Å². The zero-order valence-corrected chi connectivity index (χ0v) is 23.2. The average molecular weight is 557 g/mol. The van der Waals surface area contributed by atoms with Crippen molar-refractivity contribution in [2.45, 2.75) is 30.7 Å². The highest BCUT2D eigenvalue weighted by atomic mass is 35.5. The lowest BCUT2D eigenvalue weighted by molar-refractivity contribution is -0.134. The van der Waals surface area contributed by atoms with Crippen LogP contribution in [0.5, 0.6) is 11.5 Å². The Morgan fingerprint density at radius 2 is 1.76 bits per heavy atom. The molecule has 38 heavy (non-hydrogen) atoms. The van der Waals surface area contributed by atoms with E-state index in [0.29, 0.717) is 42.5 Å². The van der Waals surface area contributed by atoms with Gasteiger partial charge < -0.3 is 14.4 Å². The van der Waals surface area contributed by atoms with Gasteiger partial charge in [0.2, 0.25) is 15.9 Å². The molecule has 0 bridgehead atoms. The molecule has 3 aromatic rings. The third kappa shape index (κ3) is 6.87. The smallest absolute Gasteiger partial charge is 0.243 e. The summed E-state index contributed by atoms with van der Waals surface area (Å²) in [5, 5.41) is 0.595. The predicted molar refractivity (Wildman–Crippen MR) is 148 cm³/mol. The van der Waals surface area contributed by atoms with E-state index in [0.717, 1.165) is 5.56 Å². The van der Waals surface area contributed by atoms with Gasteiger partial charge in [-0.15, -0.1) is 0 Å². The summed E-state index contributed by atoms with van der Waals surface area (Å²) >= 11 is 6.02. The summed E-state index contributed by atoms with van der Waals surface area (Å²) in [5.74, 6) is 1.03. The monoisotopic (exact) mass is 556 g/mol. The van der Waals surface area contributed by atoms with Crippen LogP contribution in [0, 0.1) is 5.41 Å². The van der Waals surface area contributed by atoms with Gasteiger partial charge in [0.05, 0.1) is 18.6 Å². The van der Waals surface area contributed by atoms with Gasteiger partial charge in [-0.2, -0.15) is 4.31 Å². The number of amides is 1. The van der Waals surface area contributed by atoms with E-state index in [1.54, 1.807) is 54.4 Å². The third-order valence-electron chi connectivity index (χ3n) is 6.88. The molecule has 202 valence electrons. The van der Waals surface area contributed by atoms with Crippen LogP contribution in [0.1, 0.15) is 24.8 Å². The van der Waals surface area contributed by atoms with E-state index in [9.17, 15) is 13.2 Å². The van der Waals surface area contributed by atoms with Gasteiger partial charge in [-0.1, -0.05) is 48.0 Å². The maximum Gasteiger partial charge on any atom is 0.243 e. The highest BCUT2D eigenvalue weighted by molar-refractivity contribution is 7.89. The lowest BCUT2D eigenvalue weighted by Gasteiger charge is -2.42. The largest absolute Gasteiger partial charge is 0.497 e. The van der Waals surface area contributed by atoms with Crippen molar-refractivity contribution in [3.05, 3.63) is 89.4 Å². The van der Waals surface area contributed by atoms with Crippen LogP contribution in [0.25, 0.3) is 0 Å². The maximum atomic E-state index is 13.6. The van der Waals surface area contributed by atoms with Crippen molar-refractivity contribution in [2.24, 2.45) is 5.41 Å². The fourth-order valence-electron chi connectivity index (χ4n) is 4.76. The zero-order chi connectivity index (χ0) is 27.2. The van der Waals surface area contributed by atoms with Crippen LogP contribution in [-0.4, -0.2) is 57.4 Å². The number of hydrogen-bond donors (Lipinski definition) is 0. The normalized spacial score (nSPS) is 18.1. The van der Waals surface area contributed by atoms with E-state index >= 15 is 0 Å². The molecule has 7 nitrogen and oxygen atoms in total. The number of benzene rings is 3. The first-order chi connectivity index (χ1) is 18.2. The van der Waals surface area contributed by atoms with Crippen molar-refractivity contribution in [3.8, 4) is 11.5 Å². The molecule has 1 saturated heterocycles. The van der Waals surface area contributed by atoms with Gasteiger partial charge in [-0.05, 0) is 54.8 Å². The summed E-state index contributed by atoms with van der Waals surface area (Å²) in [6.07, 6.45) is 1.44. The zero-order valence-electron chi connectivity index (χ0n) is 21.7. The van der Waals surface area contributed by atoms with Crippen LogP contribution >= 0.6 is 11.6 Å². The first kappa shape index (κ1) is 28.0. The van der Waals surface area contributed by atoms with Crippen molar-refractivity contribution < 1.29 is 22.7 Å². The van der Waals surface area contributed by atoms with Crippen molar-refractivity contribution in [1.29, 1.82) is 0 Å². The highest BCUT2D eigenvalue weighted by Crippen LogP contribution is 2.38. The number of ether oxygens (including phenoxy) is 2. The van der Waals surface area contributed by atoms with Crippen molar-refractivity contribution in [1.82, 2.24) is 9.21 Å². The SMILES string of the molecule is COc1cccc(S(=O)(=O)N2CCC[C@@](COc3ccc(Cl)cc3)(CC(=O)N(C)Cc3ccccc3)C2)c1. The van der Waals surface area contributed by atoms with Crippen LogP contribution in [0.3, 0.4) is 0 Å². The van der Waals surface area contributed by atoms with Gasteiger partial charge in [0.1, 0.15) is 11.5 Å². The fraction of sp³-hybridized carbons (Fsp3) is 0.345.